The van der Waals surface area contributed by atoms with Gasteiger partial charge in [0.1, 0.15) is 24.2 Å². The maximum absolute atomic E-state index is 13.1. The number of primary amides is 2. The van der Waals surface area contributed by atoms with Crippen LogP contribution in [0.1, 0.15) is 31.7 Å². The number of hydrogen-bond acceptors (Lipinski definition) is 8. The SMILES string of the molecule is CC(O)C(N)C(=O)NC(CC(N)=O)C(=O)NC(CCC(N)=O)C(=O)NC(Cc1c[nH]c2ccccc12)C(=O)O. The van der Waals surface area contributed by atoms with Crippen LogP contribution in [0, 0.1) is 0 Å². The lowest BCUT2D eigenvalue weighted by Crippen LogP contribution is -2.58. The van der Waals surface area contributed by atoms with E-state index in [0.717, 1.165) is 10.9 Å². The number of hydrogen-bond donors (Lipinski definition) is 9. The van der Waals surface area contributed by atoms with Gasteiger partial charge in [-0.05, 0) is 25.0 Å². The van der Waals surface area contributed by atoms with Gasteiger partial charge in [0, 0.05) is 29.9 Å². The quantitative estimate of drug-likeness (QED) is 0.110. The highest BCUT2D eigenvalue weighted by molar-refractivity contribution is 5.96. The first-order valence-electron chi connectivity index (χ1n) is 12.0. The first-order chi connectivity index (χ1) is 18.3. The highest BCUT2D eigenvalue weighted by atomic mass is 16.4. The van der Waals surface area contributed by atoms with E-state index in [-0.39, 0.29) is 19.3 Å². The third kappa shape index (κ3) is 9.08. The summed E-state index contributed by atoms with van der Waals surface area (Å²) in [6, 6.07) is 1.29. The molecular formula is C24H33N7O8. The summed E-state index contributed by atoms with van der Waals surface area (Å²) in [5, 5.41) is 26.9. The molecule has 1 aromatic carbocycles. The van der Waals surface area contributed by atoms with Crippen LogP contribution in [0.15, 0.2) is 30.5 Å². The molecule has 5 unspecified atom stereocenters. The number of nitrogens with one attached hydrogen (secondary N) is 4. The van der Waals surface area contributed by atoms with Crippen LogP contribution in [0.2, 0.25) is 0 Å². The van der Waals surface area contributed by atoms with Crippen LogP contribution in [-0.4, -0.2) is 81.0 Å². The molecule has 15 heteroatoms. The van der Waals surface area contributed by atoms with Crippen molar-refractivity contribution in [1.29, 1.82) is 0 Å². The summed E-state index contributed by atoms with van der Waals surface area (Å²) in [5.41, 5.74) is 17.3. The number of aliphatic carboxylic acids is 1. The molecule has 0 saturated carbocycles. The van der Waals surface area contributed by atoms with Crippen LogP contribution in [0.3, 0.4) is 0 Å². The molecule has 2 aromatic rings. The molecule has 0 aliphatic carbocycles. The summed E-state index contributed by atoms with van der Waals surface area (Å²) in [5.74, 6) is -6.05. The highest BCUT2D eigenvalue weighted by Gasteiger charge is 2.32. The molecule has 5 amide bonds. The van der Waals surface area contributed by atoms with Gasteiger partial charge in [-0.25, -0.2) is 4.79 Å². The summed E-state index contributed by atoms with van der Waals surface area (Å²) in [6.45, 7) is 1.24. The number of aromatic amines is 1. The number of nitrogens with two attached hydrogens (primary N) is 3. The van der Waals surface area contributed by atoms with E-state index in [0.29, 0.717) is 5.56 Å². The Hall–Kier alpha value is -4.50. The number of aromatic nitrogens is 1. The van der Waals surface area contributed by atoms with E-state index >= 15 is 0 Å². The third-order valence-corrected chi connectivity index (χ3v) is 5.89. The molecule has 0 radical (unpaired) electrons. The van der Waals surface area contributed by atoms with E-state index in [1.807, 2.05) is 0 Å². The van der Waals surface area contributed by atoms with E-state index in [1.165, 1.54) is 6.92 Å². The molecule has 0 aliphatic rings. The molecule has 1 heterocycles. The first kappa shape index (κ1) is 30.7. The van der Waals surface area contributed by atoms with E-state index in [9.17, 15) is 39.0 Å². The number of carbonyl (C=O) groups is 6. The van der Waals surface area contributed by atoms with Crippen molar-refractivity contribution >= 4 is 46.4 Å². The molecule has 5 atom stereocenters. The lowest BCUT2D eigenvalue weighted by atomic mass is 10.0. The van der Waals surface area contributed by atoms with Crippen LogP contribution in [0.25, 0.3) is 10.9 Å². The second-order valence-corrected chi connectivity index (χ2v) is 9.03. The fraction of sp³-hybridized carbons (Fsp3) is 0.417. The van der Waals surface area contributed by atoms with Gasteiger partial charge in [-0.3, -0.25) is 24.0 Å². The summed E-state index contributed by atoms with van der Waals surface area (Å²) in [7, 11) is 0. The van der Waals surface area contributed by atoms with Crippen LogP contribution < -0.4 is 33.2 Å². The smallest absolute Gasteiger partial charge is 0.326 e. The van der Waals surface area contributed by atoms with Crippen LogP contribution >= 0.6 is 0 Å². The van der Waals surface area contributed by atoms with Gasteiger partial charge in [-0.15, -0.1) is 0 Å². The Morgan fingerprint density at radius 2 is 1.49 bits per heavy atom. The Labute approximate surface area is 222 Å². The van der Waals surface area contributed by atoms with Gasteiger partial charge in [0.2, 0.25) is 29.5 Å². The molecule has 0 aliphatic heterocycles. The van der Waals surface area contributed by atoms with E-state index in [1.54, 1.807) is 30.5 Å². The molecule has 0 spiro atoms. The van der Waals surface area contributed by atoms with Crippen molar-refractivity contribution in [1.82, 2.24) is 20.9 Å². The van der Waals surface area contributed by atoms with Crippen molar-refractivity contribution in [3.05, 3.63) is 36.0 Å². The van der Waals surface area contributed by atoms with Crippen molar-refractivity contribution < 1.29 is 39.0 Å². The number of carboxylic acid groups (broad SMARTS) is 1. The predicted molar refractivity (Wildman–Crippen MR) is 137 cm³/mol. The maximum atomic E-state index is 13.1. The van der Waals surface area contributed by atoms with Crippen molar-refractivity contribution in [3.63, 3.8) is 0 Å². The van der Waals surface area contributed by atoms with E-state index < -0.39 is 72.2 Å². The van der Waals surface area contributed by atoms with Crippen LogP contribution in [0.4, 0.5) is 0 Å². The Morgan fingerprint density at radius 3 is 2.08 bits per heavy atom. The van der Waals surface area contributed by atoms with Crippen LogP contribution in [0.5, 0.6) is 0 Å². The van der Waals surface area contributed by atoms with Gasteiger partial charge in [0.15, 0.2) is 0 Å². The van der Waals surface area contributed by atoms with Crippen molar-refractivity contribution in [2.75, 3.05) is 0 Å². The van der Waals surface area contributed by atoms with Gasteiger partial charge >= 0.3 is 5.97 Å². The molecule has 39 heavy (non-hydrogen) atoms. The zero-order valence-corrected chi connectivity index (χ0v) is 21.2. The zero-order valence-electron chi connectivity index (χ0n) is 21.2. The normalized spacial score (nSPS) is 14.8. The molecule has 0 saturated heterocycles. The minimum absolute atomic E-state index is 0.0981. The Morgan fingerprint density at radius 1 is 0.897 bits per heavy atom. The Balaban J connectivity index is 2.22. The van der Waals surface area contributed by atoms with E-state index in [2.05, 4.69) is 20.9 Å². The second-order valence-electron chi connectivity index (χ2n) is 9.03. The van der Waals surface area contributed by atoms with Gasteiger partial charge in [0.25, 0.3) is 0 Å². The largest absolute Gasteiger partial charge is 0.480 e. The zero-order chi connectivity index (χ0) is 29.3. The molecule has 12 N–H and O–H groups in total. The van der Waals surface area contributed by atoms with Gasteiger partial charge in [-0.1, -0.05) is 18.2 Å². The number of aliphatic hydroxyl groups is 1. The molecule has 1 aromatic heterocycles. The number of para-hydroxylation sites is 1. The molecule has 0 bridgehead atoms. The molecule has 15 nitrogen and oxygen atoms in total. The topological polar surface area (TPSA) is 273 Å². The average Bonchev–Trinajstić information content (AvgIpc) is 3.27. The lowest BCUT2D eigenvalue weighted by Gasteiger charge is -2.25. The average molecular weight is 548 g/mol. The summed E-state index contributed by atoms with van der Waals surface area (Å²) < 4.78 is 0. The second kappa shape index (κ2) is 13.9. The lowest BCUT2D eigenvalue weighted by molar-refractivity contribution is -0.142. The number of rotatable bonds is 15. The number of amides is 5. The number of H-pyrrole nitrogens is 1. The fourth-order valence-electron chi connectivity index (χ4n) is 3.72. The number of fused-ring (bicyclic) bond motifs is 1. The fourth-order valence-corrected chi connectivity index (χ4v) is 3.72. The van der Waals surface area contributed by atoms with Gasteiger partial charge in [-0.2, -0.15) is 0 Å². The molecule has 2 rings (SSSR count). The number of carboxylic acids is 1. The number of aliphatic hydroxyl groups excluding tert-OH is 1. The Kier molecular flexibility index (Phi) is 10.9. The van der Waals surface area contributed by atoms with Crippen molar-refractivity contribution in [3.8, 4) is 0 Å². The third-order valence-electron chi connectivity index (χ3n) is 5.89. The number of benzene rings is 1. The van der Waals surface area contributed by atoms with Gasteiger partial charge < -0.3 is 48.3 Å². The first-order valence-corrected chi connectivity index (χ1v) is 12.0. The minimum Gasteiger partial charge on any atom is -0.480 e. The van der Waals surface area contributed by atoms with E-state index in [4.69, 9.17) is 17.2 Å². The molecular weight excluding hydrogens is 514 g/mol. The summed E-state index contributed by atoms with van der Waals surface area (Å²) >= 11 is 0. The van der Waals surface area contributed by atoms with Crippen molar-refractivity contribution in [2.24, 2.45) is 17.2 Å². The summed E-state index contributed by atoms with van der Waals surface area (Å²) in [4.78, 5) is 76.1. The summed E-state index contributed by atoms with van der Waals surface area (Å²) in [6.07, 6.45) is -1.09. The monoisotopic (exact) mass is 547 g/mol. The molecule has 212 valence electrons. The standard InChI is InChI=1S/C24H33N7O8/c1-11(32)20(27)23(37)30-16(9-19(26)34)22(36)29-15(6-7-18(25)33)21(35)31-17(24(38)39)8-12-10-28-14-5-3-2-4-13(12)14/h2-5,10-11,15-17,20,28,32H,6-9,27H2,1H3,(H2,25,33)(H2,26,34)(H,29,36)(H,30,37)(H,31,35)(H,38,39). The van der Waals surface area contributed by atoms with Crippen molar-refractivity contribution in [2.45, 2.75) is 62.9 Å². The number of carbonyl (C=O) groups excluding carboxylic acids is 5. The Bertz CT molecular complexity index is 1230. The minimum atomic E-state index is -1.58. The predicted octanol–water partition coefficient (Wildman–Crippen LogP) is -2.90. The highest BCUT2D eigenvalue weighted by Crippen LogP contribution is 2.19. The molecule has 0 fully saturated rings. The maximum Gasteiger partial charge on any atom is 0.326 e. The van der Waals surface area contributed by atoms with Crippen LogP contribution in [-0.2, 0) is 35.2 Å². The van der Waals surface area contributed by atoms with Gasteiger partial charge in [0.05, 0.1) is 12.5 Å².